The Hall–Kier alpha value is -2.75. The fourth-order valence-corrected chi connectivity index (χ4v) is 2.95. The van der Waals surface area contributed by atoms with Gasteiger partial charge in [-0.15, -0.1) is 0 Å². The summed E-state index contributed by atoms with van der Waals surface area (Å²) in [5.41, 5.74) is 1.21. The number of carbonyl (C=O) groups is 2. The second-order valence-electron chi connectivity index (χ2n) is 6.36. The van der Waals surface area contributed by atoms with Crippen LogP contribution in [0.5, 0.6) is 0 Å². The molecule has 0 saturated heterocycles. The van der Waals surface area contributed by atoms with Gasteiger partial charge < -0.3 is 10.6 Å². The lowest BCUT2D eigenvalue weighted by Gasteiger charge is -2.07. The molecule has 0 saturated carbocycles. The van der Waals surface area contributed by atoms with E-state index in [1.165, 1.54) is 4.52 Å². The summed E-state index contributed by atoms with van der Waals surface area (Å²) in [6.45, 7) is 7.00. The van der Waals surface area contributed by atoms with Gasteiger partial charge in [-0.25, -0.2) is 9.50 Å². The van der Waals surface area contributed by atoms with Crippen molar-refractivity contribution < 1.29 is 9.59 Å². The Morgan fingerprint density at radius 1 is 1.22 bits per heavy atom. The average Bonchev–Trinajstić information content (AvgIpc) is 3.21. The number of amides is 2. The maximum atomic E-state index is 12.7. The molecule has 2 N–H and O–H groups in total. The minimum atomic E-state index is -0.457. The van der Waals surface area contributed by atoms with Crippen LogP contribution in [-0.2, 0) is 6.54 Å². The van der Waals surface area contributed by atoms with Gasteiger partial charge in [-0.3, -0.25) is 14.3 Å². The van der Waals surface area contributed by atoms with E-state index in [0.717, 1.165) is 0 Å². The highest BCUT2D eigenvalue weighted by atomic mass is 79.9. The third kappa shape index (κ3) is 4.00. The molecule has 3 rings (SSSR count). The SMILES string of the molecule is CCn1cc(NC(=O)c2nn3cccnc3c2Br)c(C(=O)NCC(C)C)n1. The van der Waals surface area contributed by atoms with Crippen LogP contribution in [0.2, 0.25) is 0 Å². The molecule has 0 fully saturated rings. The summed E-state index contributed by atoms with van der Waals surface area (Å²) in [7, 11) is 0. The second kappa shape index (κ2) is 7.87. The topological polar surface area (TPSA) is 106 Å². The molecule has 0 unspecified atom stereocenters. The molecule has 0 aliphatic heterocycles. The van der Waals surface area contributed by atoms with Crippen molar-refractivity contribution in [1.82, 2.24) is 29.7 Å². The molecule has 0 spiro atoms. The third-order valence-corrected chi connectivity index (χ3v) is 4.50. The molecule has 0 aromatic carbocycles. The number of aromatic nitrogens is 5. The molecule has 10 heteroatoms. The first kappa shape index (κ1) is 19.0. The van der Waals surface area contributed by atoms with E-state index in [9.17, 15) is 9.59 Å². The van der Waals surface area contributed by atoms with Crippen LogP contribution in [0, 0.1) is 5.92 Å². The fraction of sp³-hybridized carbons (Fsp3) is 0.353. The molecular formula is C17H20BrN7O2. The van der Waals surface area contributed by atoms with E-state index < -0.39 is 5.91 Å². The lowest BCUT2D eigenvalue weighted by molar-refractivity contribution is 0.0944. The molecule has 0 atom stereocenters. The zero-order valence-corrected chi connectivity index (χ0v) is 16.8. The van der Waals surface area contributed by atoms with Gasteiger partial charge in [0.2, 0.25) is 0 Å². The number of hydrogen-bond acceptors (Lipinski definition) is 5. The molecule has 0 aliphatic rings. The normalized spacial score (nSPS) is 11.1. The quantitative estimate of drug-likeness (QED) is 0.620. The van der Waals surface area contributed by atoms with E-state index in [1.54, 1.807) is 29.3 Å². The Balaban J connectivity index is 1.87. The minimum absolute atomic E-state index is 0.170. The Morgan fingerprint density at radius 3 is 2.67 bits per heavy atom. The monoisotopic (exact) mass is 433 g/mol. The van der Waals surface area contributed by atoms with E-state index in [4.69, 9.17) is 0 Å². The molecule has 2 amide bonds. The van der Waals surface area contributed by atoms with E-state index in [-0.39, 0.29) is 17.3 Å². The molecule has 0 bridgehead atoms. The summed E-state index contributed by atoms with van der Waals surface area (Å²) >= 11 is 3.37. The molecule has 9 nitrogen and oxygen atoms in total. The number of nitrogens with one attached hydrogen (secondary N) is 2. The Bertz CT molecular complexity index is 992. The summed E-state index contributed by atoms with van der Waals surface area (Å²) in [6, 6.07) is 1.72. The number of nitrogens with zero attached hydrogens (tertiary/aromatic N) is 5. The van der Waals surface area contributed by atoms with E-state index in [1.807, 2.05) is 20.8 Å². The van der Waals surface area contributed by atoms with Gasteiger partial charge in [0.05, 0.1) is 10.2 Å². The summed E-state index contributed by atoms with van der Waals surface area (Å²) in [5.74, 6) is -0.482. The van der Waals surface area contributed by atoms with Crippen LogP contribution in [0.15, 0.2) is 29.1 Å². The largest absolute Gasteiger partial charge is 0.350 e. The number of carbonyl (C=O) groups excluding carboxylic acids is 2. The van der Waals surface area contributed by atoms with Crippen LogP contribution >= 0.6 is 15.9 Å². The summed E-state index contributed by atoms with van der Waals surface area (Å²) in [6.07, 6.45) is 4.94. The number of rotatable bonds is 6. The summed E-state index contributed by atoms with van der Waals surface area (Å²) < 4.78 is 3.58. The van der Waals surface area contributed by atoms with Crippen LogP contribution in [0.4, 0.5) is 5.69 Å². The van der Waals surface area contributed by atoms with Crippen LogP contribution in [0.25, 0.3) is 5.65 Å². The van der Waals surface area contributed by atoms with Gasteiger partial charge in [-0.2, -0.15) is 10.2 Å². The number of anilines is 1. The van der Waals surface area contributed by atoms with Crippen molar-refractivity contribution in [3.8, 4) is 0 Å². The number of fused-ring (bicyclic) bond motifs is 1. The minimum Gasteiger partial charge on any atom is -0.350 e. The molecule has 3 heterocycles. The third-order valence-electron chi connectivity index (χ3n) is 3.77. The Morgan fingerprint density at radius 2 is 2.00 bits per heavy atom. The molecule has 0 aliphatic carbocycles. The van der Waals surface area contributed by atoms with Gasteiger partial charge >= 0.3 is 0 Å². The lowest BCUT2D eigenvalue weighted by Crippen LogP contribution is -2.29. The van der Waals surface area contributed by atoms with Crippen LogP contribution in [0.3, 0.4) is 0 Å². The molecule has 27 heavy (non-hydrogen) atoms. The van der Waals surface area contributed by atoms with Crippen molar-refractivity contribution in [3.63, 3.8) is 0 Å². The van der Waals surface area contributed by atoms with Gasteiger partial charge in [-0.1, -0.05) is 13.8 Å². The highest BCUT2D eigenvalue weighted by Crippen LogP contribution is 2.22. The number of hydrogen-bond donors (Lipinski definition) is 2. The van der Waals surface area contributed by atoms with E-state index in [2.05, 4.69) is 41.7 Å². The smallest absolute Gasteiger partial charge is 0.277 e. The second-order valence-corrected chi connectivity index (χ2v) is 7.15. The van der Waals surface area contributed by atoms with Crippen molar-refractivity contribution in [2.24, 2.45) is 5.92 Å². The predicted octanol–water partition coefficient (Wildman–Crippen LogP) is 2.35. The van der Waals surface area contributed by atoms with Crippen molar-refractivity contribution in [2.45, 2.75) is 27.3 Å². The molecule has 0 radical (unpaired) electrons. The first-order valence-corrected chi connectivity index (χ1v) is 9.35. The van der Waals surface area contributed by atoms with Crippen molar-refractivity contribution >= 4 is 39.1 Å². The highest BCUT2D eigenvalue weighted by molar-refractivity contribution is 9.10. The number of aryl methyl sites for hydroxylation is 1. The maximum Gasteiger partial charge on any atom is 0.277 e. The average molecular weight is 434 g/mol. The molecular weight excluding hydrogens is 414 g/mol. The van der Waals surface area contributed by atoms with Crippen LogP contribution < -0.4 is 10.6 Å². The van der Waals surface area contributed by atoms with Crippen LogP contribution in [-0.4, -0.2) is 42.7 Å². The highest BCUT2D eigenvalue weighted by Gasteiger charge is 2.23. The standard InChI is InChI=1S/C17H20BrN7O2/c1-4-24-9-11(13(22-24)16(26)20-8-10(2)3)21-17(27)14-12(18)15-19-6-5-7-25(15)23-14/h5-7,9-10H,4,8H2,1-3H3,(H,20,26)(H,21,27). The Labute approximate surface area is 164 Å². The van der Waals surface area contributed by atoms with Gasteiger partial charge in [0.15, 0.2) is 17.0 Å². The zero-order valence-electron chi connectivity index (χ0n) is 15.2. The van der Waals surface area contributed by atoms with E-state index in [0.29, 0.717) is 34.8 Å². The van der Waals surface area contributed by atoms with E-state index >= 15 is 0 Å². The first-order chi connectivity index (χ1) is 12.9. The van der Waals surface area contributed by atoms with Gasteiger partial charge in [0.1, 0.15) is 0 Å². The van der Waals surface area contributed by atoms with Gasteiger partial charge in [-0.05, 0) is 34.8 Å². The maximum absolute atomic E-state index is 12.7. The Kier molecular flexibility index (Phi) is 5.54. The van der Waals surface area contributed by atoms with Gasteiger partial charge in [0, 0.05) is 31.7 Å². The molecule has 3 aromatic rings. The van der Waals surface area contributed by atoms with Crippen molar-refractivity contribution in [1.29, 1.82) is 0 Å². The van der Waals surface area contributed by atoms with Gasteiger partial charge in [0.25, 0.3) is 11.8 Å². The molecule has 142 valence electrons. The number of halogens is 1. The lowest BCUT2D eigenvalue weighted by atomic mass is 10.2. The molecule has 3 aromatic heterocycles. The first-order valence-electron chi connectivity index (χ1n) is 8.56. The van der Waals surface area contributed by atoms with Crippen LogP contribution in [0.1, 0.15) is 41.7 Å². The fourth-order valence-electron chi connectivity index (χ4n) is 2.41. The van der Waals surface area contributed by atoms with Crippen molar-refractivity contribution in [2.75, 3.05) is 11.9 Å². The zero-order chi connectivity index (χ0) is 19.6. The summed E-state index contributed by atoms with van der Waals surface area (Å²) in [5, 5.41) is 14.0. The summed E-state index contributed by atoms with van der Waals surface area (Å²) in [4.78, 5) is 29.4. The van der Waals surface area contributed by atoms with Crippen molar-refractivity contribution in [3.05, 3.63) is 40.5 Å². The predicted molar refractivity (Wildman–Crippen MR) is 104 cm³/mol.